The van der Waals surface area contributed by atoms with Crippen LogP contribution in [-0.4, -0.2) is 63.2 Å². The number of hydrogen-bond donors (Lipinski definition) is 0. The van der Waals surface area contributed by atoms with Crippen LogP contribution >= 0.6 is 0 Å². The third-order valence-corrected chi connectivity index (χ3v) is 5.30. The molecule has 0 aromatic heterocycles. The zero-order chi connectivity index (χ0) is 21.5. The molecule has 0 radical (unpaired) electrons. The van der Waals surface area contributed by atoms with E-state index in [1.807, 2.05) is 29.2 Å². The maximum absolute atomic E-state index is 13.2. The molecule has 0 N–H and O–H groups in total. The van der Waals surface area contributed by atoms with Crippen LogP contribution in [0.25, 0.3) is 0 Å². The van der Waals surface area contributed by atoms with E-state index >= 15 is 0 Å². The summed E-state index contributed by atoms with van der Waals surface area (Å²) in [5.74, 6) is 1.26. The lowest BCUT2D eigenvalue weighted by Gasteiger charge is -2.23. The molecule has 1 aliphatic rings. The van der Waals surface area contributed by atoms with Crippen molar-refractivity contribution in [3.63, 3.8) is 0 Å². The van der Waals surface area contributed by atoms with E-state index in [0.29, 0.717) is 41.5 Å². The standard InChI is InChI=1S/C23H27N3O4/c1-28-20-10-9-19(21(29-2)22(20)30-3)23(27)26-12-4-11-25(13-14-26)16-18-7-5-17(15-24)6-8-18/h5-10H,4,11-14,16H2,1-3H3. The molecule has 1 aliphatic heterocycles. The number of hydrogen-bond acceptors (Lipinski definition) is 6. The number of carbonyl (C=O) groups excluding carboxylic acids is 1. The van der Waals surface area contributed by atoms with Crippen LogP contribution in [0.5, 0.6) is 17.2 Å². The van der Waals surface area contributed by atoms with Gasteiger partial charge in [0.2, 0.25) is 5.75 Å². The molecule has 0 saturated carbocycles. The van der Waals surface area contributed by atoms with E-state index in [1.54, 1.807) is 19.2 Å². The molecule has 30 heavy (non-hydrogen) atoms. The van der Waals surface area contributed by atoms with E-state index in [2.05, 4.69) is 11.0 Å². The summed E-state index contributed by atoms with van der Waals surface area (Å²) in [5, 5.41) is 8.94. The second-order valence-corrected chi connectivity index (χ2v) is 7.11. The summed E-state index contributed by atoms with van der Waals surface area (Å²) in [6.45, 7) is 3.80. The van der Waals surface area contributed by atoms with Crippen molar-refractivity contribution < 1.29 is 19.0 Å². The van der Waals surface area contributed by atoms with Crippen molar-refractivity contribution in [2.24, 2.45) is 0 Å². The molecule has 2 aromatic rings. The number of amides is 1. The van der Waals surface area contributed by atoms with Crippen LogP contribution in [0.3, 0.4) is 0 Å². The number of carbonyl (C=O) groups is 1. The van der Waals surface area contributed by atoms with Gasteiger partial charge in [0.15, 0.2) is 11.5 Å². The van der Waals surface area contributed by atoms with E-state index in [9.17, 15) is 4.79 Å². The summed E-state index contributed by atoms with van der Waals surface area (Å²) in [6, 6.07) is 13.2. The fraction of sp³-hybridized carbons (Fsp3) is 0.391. The lowest BCUT2D eigenvalue weighted by atomic mass is 10.1. The number of rotatable bonds is 6. The molecular formula is C23H27N3O4. The van der Waals surface area contributed by atoms with Crippen LogP contribution in [0, 0.1) is 11.3 Å². The Morgan fingerprint density at radius 3 is 2.30 bits per heavy atom. The van der Waals surface area contributed by atoms with Gasteiger partial charge in [-0.2, -0.15) is 5.26 Å². The van der Waals surface area contributed by atoms with Gasteiger partial charge in [0, 0.05) is 32.7 Å². The van der Waals surface area contributed by atoms with Gasteiger partial charge in [-0.15, -0.1) is 0 Å². The van der Waals surface area contributed by atoms with Crippen molar-refractivity contribution in [2.45, 2.75) is 13.0 Å². The molecule has 1 fully saturated rings. The molecule has 7 heteroatoms. The summed E-state index contributed by atoms with van der Waals surface area (Å²) < 4.78 is 16.2. The second-order valence-electron chi connectivity index (χ2n) is 7.11. The van der Waals surface area contributed by atoms with E-state index < -0.39 is 0 Å². The second kappa shape index (κ2) is 9.99. The first-order chi connectivity index (χ1) is 14.6. The fourth-order valence-corrected chi connectivity index (χ4v) is 3.72. The first-order valence-corrected chi connectivity index (χ1v) is 9.91. The van der Waals surface area contributed by atoms with Gasteiger partial charge in [-0.3, -0.25) is 9.69 Å². The molecule has 158 valence electrons. The highest BCUT2D eigenvalue weighted by Crippen LogP contribution is 2.40. The van der Waals surface area contributed by atoms with Gasteiger partial charge in [-0.1, -0.05) is 12.1 Å². The third kappa shape index (κ3) is 4.66. The summed E-state index contributed by atoms with van der Waals surface area (Å²) >= 11 is 0. The Kier molecular flexibility index (Phi) is 7.15. The van der Waals surface area contributed by atoms with Gasteiger partial charge in [-0.25, -0.2) is 0 Å². The van der Waals surface area contributed by atoms with Gasteiger partial charge in [0.25, 0.3) is 5.91 Å². The Balaban J connectivity index is 1.70. The highest BCUT2D eigenvalue weighted by atomic mass is 16.5. The summed E-state index contributed by atoms with van der Waals surface area (Å²) in [7, 11) is 4.60. The number of benzene rings is 2. The van der Waals surface area contributed by atoms with Gasteiger partial charge >= 0.3 is 0 Å². The Hall–Kier alpha value is -3.24. The number of methoxy groups -OCH3 is 3. The SMILES string of the molecule is COc1ccc(C(=O)N2CCCN(Cc3ccc(C#N)cc3)CC2)c(OC)c1OC. The zero-order valence-electron chi connectivity index (χ0n) is 17.7. The Labute approximate surface area is 177 Å². The van der Waals surface area contributed by atoms with Crippen molar-refractivity contribution in [3.05, 3.63) is 53.1 Å². The molecule has 0 unspecified atom stereocenters. The minimum absolute atomic E-state index is 0.0759. The summed E-state index contributed by atoms with van der Waals surface area (Å²) in [5.41, 5.74) is 2.29. The molecular weight excluding hydrogens is 382 g/mol. The van der Waals surface area contributed by atoms with Crippen LogP contribution in [0.1, 0.15) is 27.9 Å². The van der Waals surface area contributed by atoms with Gasteiger partial charge in [-0.05, 0) is 36.2 Å². The molecule has 0 atom stereocenters. The van der Waals surface area contributed by atoms with Crippen LogP contribution in [-0.2, 0) is 6.54 Å². The fourth-order valence-electron chi connectivity index (χ4n) is 3.72. The average Bonchev–Trinajstić information content (AvgIpc) is 3.03. The largest absolute Gasteiger partial charge is 0.493 e. The van der Waals surface area contributed by atoms with Crippen LogP contribution in [0.4, 0.5) is 0 Å². The first-order valence-electron chi connectivity index (χ1n) is 9.91. The lowest BCUT2D eigenvalue weighted by Crippen LogP contribution is -2.35. The van der Waals surface area contributed by atoms with Crippen molar-refractivity contribution in [1.29, 1.82) is 5.26 Å². The first kappa shape index (κ1) is 21.5. The highest BCUT2D eigenvalue weighted by molar-refractivity contribution is 5.98. The van der Waals surface area contributed by atoms with E-state index in [4.69, 9.17) is 19.5 Å². The van der Waals surface area contributed by atoms with Crippen LogP contribution in [0.2, 0.25) is 0 Å². The average molecular weight is 409 g/mol. The predicted octanol–water partition coefficient (Wildman–Crippen LogP) is 2.93. The smallest absolute Gasteiger partial charge is 0.257 e. The molecule has 0 bridgehead atoms. The van der Waals surface area contributed by atoms with Crippen molar-refractivity contribution in [3.8, 4) is 23.3 Å². The molecule has 0 spiro atoms. The lowest BCUT2D eigenvalue weighted by molar-refractivity contribution is 0.0757. The van der Waals surface area contributed by atoms with Crippen molar-refractivity contribution in [2.75, 3.05) is 47.5 Å². The summed E-state index contributed by atoms with van der Waals surface area (Å²) in [6.07, 6.45) is 0.887. The Morgan fingerprint density at radius 1 is 0.933 bits per heavy atom. The minimum atomic E-state index is -0.0759. The molecule has 0 aliphatic carbocycles. The molecule has 2 aromatic carbocycles. The topological polar surface area (TPSA) is 75.0 Å². The molecule has 1 amide bonds. The molecule has 7 nitrogen and oxygen atoms in total. The van der Waals surface area contributed by atoms with Crippen LogP contribution < -0.4 is 14.2 Å². The van der Waals surface area contributed by atoms with Gasteiger partial charge < -0.3 is 19.1 Å². The van der Waals surface area contributed by atoms with Crippen molar-refractivity contribution in [1.82, 2.24) is 9.80 Å². The van der Waals surface area contributed by atoms with E-state index in [1.165, 1.54) is 14.2 Å². The third-order valence-electron chi connectivity index (χ3n) is 5.30. The molecule has 3 rings (SSSR count). The number of nitrogens with zero attached hydrogens (tertiary/aromatic N) is 3. The Bertz CT molecular complexity index is 921. The van der Waals surface area contributed by atoms with Gasteiger partial charge in [0.1, 0.15) is 0 Å². The quantitative estimate of drug-likeness (QED) is 0.730. The zero-order valence-corrected chi connectivity index (χ0v) is 17.7. The van der Waals surface area contributed by atoms with Gasteiger partial charge in [0.05, 0.1) is 38.5 Å². The monoisotopic (exact) mass is 409 g/mol. The summed E-state index contributed by atoms with van der Waals surface area (Å²) in [4.78, 5) is 17.4. The molecule has 1 heterocycles. The highest BCUT2D eigenvalue weighted by Gasteiger charge is 2.26. The van der Waals surface area contributed by atoms with E-state index in [-0.39, 0.29) is 5.91 Å². The Morgan fingerprint density at radius 2 is 1.67 bits per heavy atom. The molecule has 1 saturated heterocycles. The van der Waals surface area contributed by atoms with Crippen LogP contribution in [0.15, 0.2) is 36.4 Å². The maximum atomic E-state index is 13.2. The maximum Gasteiger partial charge on any atom is 0.257 e. The van der Waals surface area contributed by atoms with E-state index in [0.717, 1.165) is 31.6 Å². The van der Waals surface area contributed by atoms with Crippen molar-refractivity contribution >= 4 is 5.91 Å². The number of nitriles is 1. The predicted molar refractivity (Wildman–Crippen MR) is 113 cm³/mol. The number of ether oxygens (including phenoxy) is 3. The minimum Gasteiger partial charge on any atom is -0.493 e. The normalized spacial score (nSPS) is 14.5.